The Balaban J connectivity index is 0. The zero-order valence-corrected chi connectivity index (χ0v) is 11.0. The van der Waals surface area contributed by atoms with Gasteiger partial charge in [0, 0.05) is 0 Å². The first-order chi connectivity index (χ1) is 6.93. The Kier molecular flexibility index (Phi) is 10.9. The summed E-state index contributed by atoms with van der Waals surface area (Å²) in [6, 6.07) is -0.160. The second kappa shape index (κ2) is 9.75. The molecule has 0 aliphatic heterocycles. The van der Waals surface area contributed by atoms with Crippen LogP contribution >= 0.6 is 0 Å². The molecule has 1 unspecified atom stereocenters. The first-order valence-electron chi connectivity index (χ1n) is 4.79. The van der Waals surface area contributed by atoms with Crippen molar-refractivity contribution in [1.82, 2.24) is 0 Å². The number of carboxylic acids is 2. The smallest absolute Gasteiger partial charge is 0.676 e. The monoisotopic (exact) mass is 411 g/mol. The summed E-state index contributed by atoms with van der Waals surface area (Å²) in [5, 5.41) is 15.4. The standard InChI is InChI=1S/C6H12N2.C3H4O4.Pt/c7-5-3-1-2-4-6(5)8;4-2(5)1-3(6)7;/h5-8H,1-4H2;1H2,(H,4,5)(H,6,7);/q-2;;+2/t5-,6?;;/m0../s1. The molecule has 0 heterocycles. The van der Waals surface area contributed by atoms with E-state index in [-0.39, 0.29) is 33.1 Å². The Bertz CT molecular complexity index is 204. The summed E-state index contributed by atoms with van der Waals surface area (Å²) < 4.78 is 0. The molecule has 0 saturated heterocycles. The van der Waals surface area contributed by atoms with E-state index >= 15 is 0 Å². The van der Waals surface area contributed by atoms with Gasteiger partial charge >= 0.3 is 33.0 Å². The van der Waals surface area contributed by atoms with Gasteiger partial charge in [0.25, 0.3) is 0 Å². The second-order valence-electron chi connectivity index (χ2n) is 3.46. The molecule has 1 fully saturated rings. The van der Waals surface area contributed by atoms with Crippen molar-refractivity contribution in [1.29, 1.82) is 0 Å². The fraction of sp³-hybridized carbons (Fsp3) is 0.778. The largest absolute Gasteiger partial charge is 2.00 e. The summed E-state index contributed by atoms with van der Waals surface area (Å²) in [4.78, 5) is 18.9. The minimum Gasteiger partial charge on any atom is -0.676 e. The van der Waals surface area contributed by atoms with Crippen LogP contribution in [-0.4, -0.2) is 34.2 Å². The third-order valence-corrected chi connectivity index (χ3v) is 2.07. The molecule has 1 rings (SSSR count). The number of aliphatic carboxylic acids is 2. The van der Waals surface area contributed by atoms with E-state index in [0.29, 0.717) is 0 Å². The van der Waals surface area contributed by atoms with Gasteiger partial charge in [-0.25, -0.2) is 0 Å². The molecule has 0 bridgehead atoms. The Hall–Kier alpha value is -0.452. The van der Waals surface area contributed by atoms with Crippen molar-refractivity contribution in [2.45, 2.75) is 44.2 Å². The molecule has 0 aromatic carbocycles. The topological polar surface area (TPSA) is 122 Å². The number of nitrogens with one attached hydrogen (secondary N) is 2. The van der Waals surface area contributed by atoms with Crippen molar-refractivity contribution in [3.63, 3.8) is 0 Å². The molecule has 96 valence electrons. The first-order valence-corrected chi connectivity index (χ1v) is 4.79. The Morgan fingerprint density at radius 2 is 1.31 bits per heavy atom. The number of rotatable bonds is 2. The van der Waals surface area contributed by atoms with Crippen LogP contribution in [0.1, 0.15) is 32.1 Å². The van der Waals surface area contributed by atoms with Gasteiger partial charge in [-0.2, -0.15) is 12.1 Å². The van der Waals surface area contributed by atoms with Crippen molar-refractivity contribution in [3.8, 4) is 0 Å². The molecular formula is C9H16N2O4Pt. The average Bonchev–Trinajstić information content (AvgIpc) is 2.08. The summed E-state index contributed by atoms with van der Waals surface area (Å²) in [5.41, 5.74) is 14.6. The summed E-state index contributed by atoms with van der Waals surface area (Å²) >= 11 is 0. The van der Waals surface area contributed by atoms with Crippen LogP contribution in [0.15, 0.2) is 0 Å². The quantitative estimate of drug-likeness (QED) is 0.675. The molecule has 1 saturated carbocycles. The maximum atomic E-state index is 9.43. The SMILES string of the molecule is O=C(O)CC(=O)O.[NH-]C1CCCC[C@@H]1[NH-].[Pt+2]. The maximum Gasteiger partial charge on any atom is 2.00 e. The predicted octanol–water partition coefficient (Wildman–Crippen LogP) is 1.95. The minimum absolute atomic E-state index is 0. The van der Waals surface area contributed by atoms with E-state index in [2.05, 4.69) is 0 Å². The van der Waals surface area contributed by atoms with Crippen LogP contribution in [0, 0.1) is 0 Å². The molecule has 6 nitrogen and oxygen atoms in total. The maximum absolute atomic E-state index is 9.43. The van der Waals surface area contributed by atoms with E-state index in [4.69, 9.17) is 21.7 Å². The molecule has 16 heavy (non-hydrogen) atoms. The number of hydrogen-bond acceptors (Lipinski definition) is 2. The molecule has 0 spiro atoms. The van der Waals surface area contributed by atoms with Crippen LogP contribution in [0.4, 0.5) is 0 Å². The molecule has 1 aliphatic carbocycles. The van der Waals surface area contributed by atoms with Gasteiger partial charge in [-0.05, 0) is 0 Å². The van der Waals surface area contributed by atoms with Crippen molar-refractivity contribution in [3.05, 3.63) is 11.5 Å². The van der Waals surface area contributed by atoms with E-state index in [0.717, 1.165) is 12.8 Å². The van der Waals surface area contributed by atoms with E-state index < -0.39 is 18.4 Å². The fourth-order valence-electron chi connectivity index (χ4n) is 1.26. The Morgan fingerprint density at radius 1 is 1.00 bits per heavy atom. The van der Waals surface area contributed by atoms with Crippen molar-refractivity contribution in [2.24, 2.45) is 0 Å². The molecule has 7 heteroatoms. The van der Waals surface area contributed by atoms with Crippen LogP contribution in [-0.2, 0) is 30.7 Å². The number of carbonyl (C=O) groups is 2. The summed E-state index contributed by atoms with van der Waals surface area (Å²) in [6.07, 6.45) is 3.44. The molecule has 0 aromatic heterocycles. The van der Waals surface area contributed by atoms with Gasteiger partial charge in [-0.3, -0.25) is 9.59 Å². The van der Waals surface area contributed by atoms with E-state index in [9.17, 15) is 9.59 Å². The molecular weight excluding hydrogens is 395 g/mol. The predicted molar refractivity (Wildman–Crippen MR) is 54.6 cm³/mol. The summed E-state index contributed by atoms with van der Waals surface area (Å²) in [5.74, 6) is -2.62. The van der Waals surface area contributed by atoms with Gasteiger partial charge in [0.05, 0.1) is 0 Å². The van der Waals surface area contributed by atoms with E-state index in [1.54, 1.807) is 0 Å². The number of hydrogen-bond donors (Lipinski definition) is 2. The molecule has 2 atom stereocenters. The Labute approximate surface area is 109 Å². The third-order valence-electron chi connectivity index (χ3n) is 2.07. The van der Waals surface area contributed by atoms with Crippen LogP contribution in [0.25, 0.3) is 11.5 Å². The summed E-state index contributed by atoms with van der Waals surface area (Å²) in [7, 11) is 0. The molecule has 0 amide bonds. The van der Waals surface area contributed by atoms with Crippen molar-refractivity contribution in [2.75, 3.05) is 0 Å². The van der Waals surface area contributed by atoms with Crippen LogP contribution in [0.2, 0.25) is 0 Å². The van der Waals surface area contributed by atoms with Gasteiger partial charge in [-0.1, -0.05) is 25.7 Å². The molecule has 1 aliphatic rings. The van der Waals surface area contributed by atoms with Crippen molar-refractivity contribution >= 4 is 11.9 Å². The van der Waals surface area contributed by atoms with Gasteiger partial charge in [0.2, 0.25) is 0 Å². The normalized spacial score (nSPS) is 23.4. The molecule has 4 N–H and O–H groups in total. The fourth-order valence-corrected chi connectivity index (χ4v) is 1.26. The first kappa shape index (κ1) is 17.9. The zero-order valence-electron chi connectivity index (χ0n) is 8.72. The Morgan fingerprint density at radius 3 is 1.44 bits per heavy atom. The zero-order chi connectivity index (χ0) is 11.8. The van der Waals surface area contributed by atoms with Gasteiger partial charge in [-0.15, -0.1) is 0 Å². The average molecular weight is 411 g/mol. The van der Waals surface area contributed by atoms with Gasteiger partial charge < -0.3 is 21.7 Å². The molecule has 0 aromatic rings. The summed E-state index contributed by atoms with van der Waals surface area (Å²) in [6.45, 7) is 0. The van der Waals surface area contributed by atoms with E-state index in [1.807, 2.05) is 0 Å². The minimum atomic E-state index is -1.31. The van der Waals surface area contributed by atoms with E-state index in [1.165, 1.54) is 12.8 Å². The van der Waals surface area contributed by atoms with Gasteiger partial charge in [0.1, 0.15) is 6.42 Å². The third kappa shape index (κ3) is 10.1. The van der Waals surface area contributed by atoms with Crippen LogP contribution in [0.3, 0.4) is 0 Å². The van der Waals surface area contributed by atoms with Crippen LogP contribution in [0.5, 0.6) is 0 Å². The number of carboxylic acid groups (broad SMARTS) is 2. The van der Waals surface area contributed by atoms with Crippen molar-refractivity contribution < 1.29 is 40.9 Å². The second-order valence-corrected chi connectivity index (χ2v) is 3.46. The van der Waals surface area contributed by atoms with Crippen LogP contribution < -0.4 is 0 Å². The molecule has 0 radical (unpaired) electrons. The van der Waals surface area contributed by atoms with Gasteiger partial charge in [0.15, 0.2) is 0 Å².